The molecule has 1 aromatic carbocycles. The Kier molecular flexibility index (Phi) is 2.81. The predicted molar refractivity (Wildman–Crippen MR) is 81.5 cm³/mol. The molecule has 3 aromatic rings. The predicted octanol–water partition coefficient (Wildman–Crippen LogP) is 3.85. The summed E-state index contributed by atoms with van der Waals surface area (Å²) in [5.74, 6) is 0.889. The van der Waals surface area contributed by atoms with E-state index < -0.39 is 0 Å². The van der Waals surface area contributed by atoms with Gasteiger partial charge in [0.15, 0.2) is 5.65 Å². The van der Waals surface area contributed by atoms with Gasteiger partial charge < -0.3 is 4.98 Å². The van der Waals surface area contributed by atoms with E-state index in [1.807, 2.05) is 6.07 Å². The maximum atomic E-state index is 4.57. The number of nitrogens with zero attached hydrogens (tertiary/aromatic N) is 2. The second kappa shape index (κ2) is 4.35. The van der Waals surface area contributed by atoms with E-state index >= 15 is 0 Å². The first-order chi connectivity index (χ1) is 8.66. The number of benzene rings is 1. The average molecular weight is 349 g/mol. The minimum atomic E-state index is 0.780. The fourth-order valence-electron chi connectivity index (χ4n) is 1.99. The molecule has 0 aliphatic carbocycles. The van der Waals surface area contributed by atoms with Crippen molar-refractivity contribution < 1.29 is 0 Å². The lowest BCUT2D eigenvalue weighted by Crippen LogP contribution is -1.88. The summed E-state index contributed by atoms with van der Waals surface area (Å²) < 4.78 is 1.23. The van der Waals surface area contributed by atoms with Crippen molar-refractivity contribution in [2.24, 2.45) is 0 Å². The molecule has 90 valence electrons. The summed E-state index contributed by atoms with van der Waals surface area (Å²) in [7, 11) is 0. The monoisotopic (exact) mass is 349 g/mol. The second-order valence-electron chi connectivity index (χ2n) is 4.35. The van der Waals surface area contributed by atoms with Gasteiger partial charge in [-0.05, 0) is 53.6 Å². The zero-order valence-electron chi connectivity index (χ0n) is 10.2. The maximum Gasteiger partial charge on any atom is 0.178 e. The molecular weight excluding hydrogens is 337 g/mol. The molecule has 4 heteroatoms. The van der Waals surface area contributed by atoms with E-state index in [2.05, 4.69) is 69.6 Å². The molecule has 0 unspecified atom stereocenters. The zero-order chi connectivity index (χ0) is 12.7. The van der Waals surface area contributed by atoms with Crippen molar-refractivity contribution >= 4 is 33.8 Å². The summed E-state index contributed by atoms with van der Waals surface area (Å²) in [5.41, 5.74) is 5.36. The van der Waals surface area contributed by atoms with Crippen molar-refractivity contribution in [2.75, 3.05) is 0 Å². The molecule has 0 aliphatic heterocycles. The first-order valence-electron chi connectivity index (χ1n) is 5.73. The van der Waals surface area contributed by atoms with Crippen molar-refractivity contribution in [3.63, 3.8) is 0 Å². The van der Waals surface area contributed by atoms with Gasteiger partial charge in [-0.3, -0.25) is 0 Å². The Morgan fingerprint density at radius 1 is 1.11 bits per heavy atom. The number of hydrogen-bond donors (Lipinski definition) is 1. The second-order valence-corrected chi connectivity index (χ2v) is 5.43. The van der Waals surface area contributed by atoms with E-state index in [4.69, 9.17) is 0 Å². The number of fused-ring (bicyclic) bond motifs is 1. The number of aromatic amines is 1. The molecule has 0 bridgehead atoms. The first kappa shape index (κ1) is 11.6. The van der Waals surface area contributed by atoms with Crippen LogP contribution in [0.1, 0.15) is 11.1 Å². The van der Waals surface area contributed by atoms with Gasteiger partial charge in [0.1, 0.15) is 5.82 Å². The summed E-state index contributed by atoms with van der Waals surface area (Å²) in [4.78, 5) is 12.2. The fraction of sp³-hybridized carbons (Fsp3) is 0.143. The minimum absolute atomic E-state index is 0.780. The van der Waals surface area contributed by atoms with Crippen LogP contribution < -0.4 is 0 Å². The van der Waals surface area contributed by atoms with Crippen LogP contribution in [-0.4, -0.2) is 15.0 Å². The number of aromatic nitrogens is 3. The molecule has 0 amide bonds. The third kappa shape index (κ3) is 1.80. The summed E-state index contributed by atoms with van der Waals surface area (Å²) in [6.07, 6.45) is 1.80. The van der Waals surface area contributed by atoms with Crippen LogP contribution in [0.3, 0.4) is 0 Å². The van der Waals surface area contributed by atoms with Crippen molar-refractivity contribution in [2.45, 2.75) is 13.8 Å². The quantitative estimate of drug-likeness (QED) is 0.678. The van der Waals surface area contributed by atoms with Crippen molar-refractivity contribution in [1.29, 1.82) is 0 Å². The fourth-order valence-corrected chi connectivity index (χ4v) is 2.61. The van der Waals surface area contributed by atoms with Crippen LogP contribution in [0.5, 0.6) is 0 Å². The smallest absolute Gasteiger partial charge is 0.178 e. The van der Waals surface area contributed by atoms with Gasteiger partial charge >= 0.3 is 0 Å². The number of H-pyrrole nitrogens is 1. The molecule has 2 aromatic heterocycles. The van der Waals surface area contributed by atoms with Crippen LogP contribution in [0.25, 0.3) is 22.6 Å². The number of rotatable bonds is 1. The lowest BCUT2D eigenvalue weighted by Gasteiger charge is -2.03. The van der Waals surface area contributed by atoms with Gasteiger partial charge in [0.2, 0.25) is 0 Å². The number of pyridine rings is 1. The van der Waals surface area contributed by atoms with Crippen molar-refractivity contribution in [3.05, 3.63) is 45.2 Å². The number of aryl methyl sites for hydroxylation is 2. The Hall–Kier alpha value is -1.43. The summed E-state index contributed by atoms with van der Waals surface area (Å²) in [5, 5.41) is 0. The molecular formula is C14H12IN3. The molecule has 18 heavy (non-hydrogen) atoms. The highest BCUT2D eigenvalue weighted by Gasteiger charge is 2.11. The lowest BCUT2D eigenvalue weighted by molar-refractivity contribution is 1.28. The third-order valence-corrected chi connectivity index (χ3v) is 4.48. The maximum absolute atomic E-state index is 4.57. The van der Waals surface area contributed by atoms with Gasteiger partial charge in [0.25, 0.3) is 0 Å². The van der Waals surface area contributed by atoms with E-state index in [-0.39, 0.29) is 0 Å². The minimum Gasteiger partial charge on any atom is -0.336 e. The van der Waals surface area contributed by atoms with Crippen LogP contribution in [0.15, 0.2) is 30.5 Å². The normalized spacial score (nSPS) is 11.1. The molecule has 0 spiro atoms. The van der Waals surface area contributed by atoms with Gasteiger partial charge in [-0.25, -0.2) is 9.97 Å². The van der Waals surface area contributed by atoms with Crippen molar-refractivity contribution in [1.82, 2.24) is 15.0 Å². The Balaban J connectivity index is 2.26. The van der Waals surface area contributed by atoms with Crippen molar-refractivity contribution in [3.8, 4) is 11.4 Å². The average Bonchev–Trinajstić information content (AvgIpc) is 2.78. The standard InChI is InChI=1S/C14H12IN3/c1-8-4-3-5-10(11(8)15)13-17-12-9(2)6-7-16-14(12)18-13/h3-7H,1-2H3,(H,16,17,18). The van der Waals surface area contributed by atoms with Gasteiger partial charge in [-0.15, -0.1) is 0 Å². The number of nitrogens with one attached hydrogen (secondary N) is 1. The Bertz CT molecular complexity index is 731. The zero-order valence-corrected chi connectivity index (χ0v) is 12.3. The number of imidazole rings is 1. The van der Waals surface area contributed by atoms with Gasteiger partial charge in [-0.1, -0.05) is 18.2 Å². The highest BCUT2D eigenvalue weighted by molar-refractivity contribution is 14.1. The molecule has 1 N–H and O–H groups in total. The topological polar surface area (TPSA) is 41.6 Å². The van der Waals surface area contributed by atoms with Gasteiger partial charge in [0.05, 0.1) is 5.52 Å². The Labute approximate surface area is 119 Å². The van der Waals surface area contributed by atoms with E-state index in [0.29, 0.717) is 0 Å². The van der Waals surface area contributed by atoms with E-state index in [1.165, 1.54) is 14.7 Å². The van der Waals surface area contributed by atoms with Crippen LogP contribution in [-0.2, 0) is 0 Å². The van der Waals surface area contributed by atoms with Crippen LogP contribution in [0.2, 0.25) is 0 Å². The molecule has 3 nitrogen and oxygen atoms in total. The summed E-state index contributed by atoms with van der Waals surface area (Å²) >= 11 is 2.36. The molecule has 3 rings (SSSR count). The van der Waals surface area contributed by atoms with Crippen LogP contribution in [0.4, 0.5) is 0 Å². The molecule has 2 heterocycles. The molecule has 0 aliphatic rings. The summed E-state index contributed by atoms with van der Waals surface area (Å²) in [6, 6.07) is 8.24. The van der Waals surface area contributed by atoms with Gasteiger partial charge in [0, 0.05) is 15.3 Å². The van der Waals surface area contributed by atoms with Gasteiger partial charge in [-0.2, -0.15) is 0 Å². The number of halogens is 1. The van der Waals surface area contributed by atoms with Crippen LogP contribution >= 0.6 is 22.6 Å². The first-order valence-corrected chi connectivity index (χ1v) is 6.81. The van der Waals surface area contributed by atoms with E-state index in [1.54, 1.807) is 6.20 Å². The lowest BCUT2D eigenvalue weighted by atomic mass is 10.1. The Morgan fingerprint density at radius 2 is 1.94 bits per heavy atom. The molecule has 0 fully saturated rings. The highest BCUT2D eigenvalue weighted by Crippen LogP contribution is 2.27. The number of hydrogen-bond acceptors (Lipinski definition) is 2. The van der Waals surface area contributed by atoms with E-state index in [0.717, 1.165) is 22.6 Å². The SMILES string of the molecule is Cc1cccc(-c2nc3nccc(C)c3[nH]2)c1I. The molecule has 0 saturated heterocycles. The van der Waals surface area contributed by atoms with Crippen LogP contribution in [0, 0.1) is 17.4 Å². The summed E-state index contributed by atoms with van der Waals surface area (Å²) in [6.45, 7) is 4.17. The largest absolute Gasteiger partial charge is 0.336 e. The Morgan fingerprint density at radius 3 is 2.72 bits per heavy atom. The highest BCUT2D eigenvalue weighted by atomic mass is 127. The molecule has 0 saturated carbocycles. The van der Waals surface area contributed by atoms with E-state index in [9.17, 15) is 0 Å². The third-order valence-electron chi connectivity index (χ3n) is 3.05. The molecule has 0 atom stereocenters. The molecule has 0 radical (unpaired) electrons.